The van der Waals surface area contributed by atoms with Crippen LogP contribution in [0, 0.1) is 0 Å². The van der Waals surface area contributed by atoms with Crippen LogP contribution < -0.4 is 10.1 Å². The zero-order valence-corrected chi connectivity index (χ0v) is 18.1. The summed E-state index contributed by atoms with van der Waals surface area (Å²) in [6, 6.07) is 16.4. The standard InChI is InChI=1S/C22H30NO5P/c1-4-18(3)28-22(24)23-17(2)14-19-10-12-21(13-11-19)27-16-29(25,26)15-20-8-6-5-7-9-20/h5-13,17-18H,4,14-16H2,1-3H3,(H,23,24)(H,25,26)/t17-,18-/m1/s1. The third-order valence-electron chi connectivity index (χ3n) is 4.42. The minimum Gasteiger partial charge on any atom is -0.484 e. The van der Waals surface area contributed by atoms with Gasteiger partial charge in [0.15, 0.2) is 6.35 Å². The molecule has 158 valence electrons. The largest absolute Gasteiger partial charge is 0.484 e. The lowest BCUT2D eigenvalue weighted by atomic mass is 10.1. The first kappa shape index (κ1) is 23.0. The van der Waals surface area contributed by atoms with Crippen LogP contribution >= 0.6 is 7.37 Å². The Bertz CT molecular complexity index is 810. The van der Waals surface area contributed by atoms with Gasteiger partial charge in [-0.05, 0) is 49.9 Å². The summed E-state index contributed by atoms with van der Waals surface area (Å²) in [4.78, 5) is 21.9. The Kier molecular flexibility index (Phi) is 8.74. The number of alkyl carbamates (subject to hydrolysis) is 1. The summed E-state index contributed by atoms with van der Waals surface area (Å²) in [5.74, 6) is 0.535. The summed E-state index contributed by atoms with van der Waals surface area (Å²) < 4.78 is 23.1. The molecule has 1 amide bonds. The molecule has 0 heterocycles. The zero-order chi connectivity index (χ0) is 21.3. The third kappa shape index (κ3) is 8.71. The van der Waals surface area contributed by atoms with Crippen molar-refractivity contribution in [2.45, 2.75) is 51.9 Å². The summed E-state index contributed by atoms with van der Waals surface area (Å²) in [6.45, 7) is 5.73. The van der Waals surface area contributed by atoms with Gasteiger partial charge in [0.05, 0.1) is 6.16 Å². The van der Waals surface area contributed by atoms with Crippen molar-refractivity contribution < 1.29 is 23.7 Å². The van der Waals surface area contributed by atoms with Crippen LogP contribution in [0.2, 0.25) is 0 Å². The molecule has 7 heteroatoms. The van der Waals surface area contributed by atoms with Gasteiger partial charge in [-0.2, -0.15) is 0 Å². The highest BCUT2D eigenvalue weighted by Gasteiger charge is 2.20. The van der Waals surface area contributed by atoms with Crippen LogP contribution in [0.3, 0.4) is 0 Å². The van der Waals surface area contributed by atoms with Crippen molar-refractivity contribution in [3.63, 3.8) is 0 Å². The maximum absolute atomic E-state index is 12.3. The van der Waals surface area contributed by atoms with E-state index in [-0.39, 0.29) is 24.7 Å². The van der Waals surface area contributed by atoms with E-state index < -0.39 is 13.5 Å². The average Bonchev–Trinajstić information content (AvgIpc) is 2.67. The number of ether oxygens (including phenoxy) is 2. The van der Waals surface area contributed by atoms with E-state index in [9.17, 15) is 14.3 Å². The van der Waals surface area contributed by atoms with Crippen molar-refractivity contribution in [3.05, 3.63) is 65.7 Å². The average molecular weight is 419 g/mol. The Labute approximate surface area is 172 Å². The lowest BCUT2D eigenvalue weighted by Gasteiger charge is -2.17. The number of carbonyl (C=O) groups excluding carboxylic acids is 1. The van der Waals surface area contributed by atoms with Crippen LogP contribution in [-0.4, -0.2) is 29.5 Å². The summed E-state index contributed by atoms with van der Waals surface area (Å²) in [5.41, 5.74) is 1.83. The predicted molar refractivity (Wildman–Crippen MR) is 114 cm³/mol. The molecule has 29 heavy (non-hydrogen) atoms. The highest BCUT2D eigenvalue weighted by Crippen LogP contribution is 2.44. The summed E-state index contributed by atoms with van der Waals surface area (Å²) in [7, 11) is -3.43. The molecule has 0 saturated heterocycles. The summed E-state index contributed by atoms with van der Waals surface area (Å²) in [6.07, 6.45) is 0.743. The van der Waals surface area contributed by atoms with E-state index in [1.807, 2.05) is 63.2 Å². The van der Waals surface area contributed by atoms with Gasteiger partial charge in [-0.15, -0.1) is 0 Å². The van der Waals surface area contributed by atoms with Crippen molar-refractivity contribution in [1.82, 2.24) is 5.32 Å². The Morgan fingerprint density at radius 2 is 1.72 bits per heavy atom. The van der Waals surface area contributed by atoms with E-state index in [2.05, 4.69) is 5.32 Å². The van der Waals surface area contributed by atoms with Gasteiger partial charge in [-0.1, -0.05) is 49.4 Å². The fourth-order valence-electron chi connectivity index (χ4n) is 2.72. The molecule has 0 radical (unpaired) electrons. The van der Waals surface area contributed by atoms with Gasteiger partial charge >= 0.3 is 6.09 Å². The first-order chi connectivity index (χ1) is 13.8. The third-order valence-corrected chi connectivity index (χ3v) is 5.81. The number of nitrogens with one attached hydrogen (secondary N) is 1. The number of benzene rings is 2. The van der Waals surface area contributed by atoms with Crippen molar-refractivity contribution in [1.29, 1.82) is 0 Å². The van der Waals surface area contributed by atoms with Crippen LogP contribution in [0.4, 0.5) is 4.79 Å². The first-order valence-corrected chi connectivity index (χ1v) is 11.8. The predicted octanol–water partition coefficient (Wildman–Crippen LogP) is 4.95. The smallest absolute Gasteiger partial charge is 0.407 e. The van der Waals surface area contributed by atoms with Gasteiger partial charge in [0.25, 0.3) is 0 Å². The second kappa shape index (κ2) is 11.0. The molecule has 2 aromatic rings. The molecule has 0 spiro atoms. The molecular formula is C22H30NO5P. The molecular weight excluding hydrogens is 389 g/mol. The van der Waals surface area contributed by atoms with E-state index in [0.29, 0.717) is 12.2 Å². The molecule has 3 atom stereocenters. The quantitative estimate of drug-likeness (QED) is 0.533. The number of hydrogen-bond acceptors (Lipinski definition) is 4. The van der Waals surface area contributed by atoms with E-state index in [1.54, 1.807) is 12.1 Å². The molecule has 6 nitrogen and oxygen atoms in total. The van der Waals surface area contributed by atoms with Crippen LogP contribution in [0.5, 0.6) is 5.75 Å². The van der Waals surface area contributed by atoms with Gasteiger partial charge in [0, 0.05) is 6.04 Å². The van der Waals surface area contributed by atoms with Gasteiger partial charge < -0.3 is 19.7 Å². The highest BCUT2D eigenvalue weighted by molar-refractivity contribution is 7.56. The number of amides is 1. The molecule has 0 aromatic heterocycles. The minimum atomic E-state index is -3.43. The Morgan fingerprint density at radius 1 is 1.07 bits per heavy atom. The topological polar surface area (TPSA) is 84.9 Å². The molecule has 0 aliphatic carbocycles. The maximum atomic E-state index is 12.3. The van der Waals surface area contributed by atoms with E-state index in [1.165, 1.54) is 0 Å². The van der Waals surface area contributed by atoms with Crippen LogP contribution in [0.25, 0.3) is 0 Å². The zero-order valence-electron chi connectivity index (χ0n) is 17.2. The molecule has 2 rings (SSSR count). The van der Waals surface area contributed by atoms with Gasteiger partial charge in [-0.25, -0.2) is 4.79 Å². The van der Waals surface area contributed by atoms with Crippen molar-refractivity contribution in [2.75, 3.05) is 6.35 Å². The van der Waals surface area contributed by atoms with E-state index in [4.69, 9.17) is 9.47 Å². The van der Waals surface area contributed by atoms with Crippen molar-refractivity contribution >= 4 is 13.5 Å². The lowest BCUT2D eigenvalue weighted by Crippen LogP contribution is -2.36. The summed E-state index contributed by atoms with van der Waals surface area (Å²) >= 11 is 0. The second-order valence-corrected chi connectivity index (χ2v) is 9.55. The van der Waals surface area contributed by atoms with Crippen molar-refractivity contribution in [3.8, 4) is 5.75 Å². The van der Waals surface area contributed by atoms with Gasteiger partial charge in [-0.3, -0.25) is 4.57 Å². The molecule has 0 bridgehead atoms. The van der Waals surface area contributed by atoms with Crippen molar-refractivity contribution in [2.24, 2.45) is 0 Å². The fraction of sp³-hybridized carbons (Fsp3) is 0.409. The van der Waals surface area contributed by atoms with Crippen LogP contribution in [-0.2, 0) is 21.9 Å². The highest BCUT2D eigenvalue weighted by atomic mass is 31.2. The Hall–Kier alpha value is -2.30. The number of carbonyl (C=O) groups is 1. The number of hydrogen-bond donors (Lipinski definition) is 2. The SMILES string of the molecule is CC[C@@H](C)OC(=O)N[C@H](C)Cc1ccc(OCP(=O)(O)Cc2ccccc2)cc1. The molecule has 0 aliphatic rings. The molecule has 2 N–H and O–H groups in total. The first-order valence-electron chi connectivity index (χ1n) is 9.81. The van der Waals surface area contributed by atoms with Crippen LogP contribution in [0.15, 0.2) is 54.6 Å². The van der Waals surface area contributed by atoms with Gasteiger partial charge in [0.1, 0.15) is 11.9 Å². The Morgan fingerprint density at radius 3 is 2.34 bits per heavy atom. The number of rotatable bonds is 10. The monoisotopic (exact) mass is 419 g/mol. The normalized spacial score (nSPS) is 15.0. The minimum absolute atomic E-state index is 0.0816. The van der Waals surface area contributed by atoms with E-state index >= 15 is 0 Å². The summed E-state index contributed by atoms with van der Waals surface area (Å²) in [5, 5.41) is 2.81. The molecule has 0 saturated carbocycles. The van der Waals surface area contributed by atoms with Gasteiger partial charge in [0.2, 0.25) is 7.37 Å². The molecule has 1 unspecified atom stereocenters. The lowest BCUT2D eigenvalue weighted by molar-refractivity contribution is 0.102. The fourth-order valence-corrected chi connectivity index (χ4v) is 3.94. The van der Waals surface area contributed by atoms with Crippen LogP contribution in [0.1, 0.15) is 38.3 Å². The Balaban J connectivity index is 1.80. The molecule has 0 aliphatic heterocycles. The second-order valence-electron chi connectivity index (χ2n) is 7.28. The molecule has 0 fully saturated rings. The maximum Gasteiger partial charge on any atom is 0.407 e. The molecule has 2 aromatic carbocycles. The van der Waals surface area contributed by atoms with E-state index in [0.717, 1.165) is 17.5 Å².